The molecule has 0 saturated carbocycles. The molecule has 3 rings (SSSR count). The molecule has 1 aliphatic heterocycles. The number of nitrogens with two attached hydrogens (primary N) is 1. The number of carbonyl (C=O) groups excluding carboxylic acids is 2. The fourth-order valence-electron chi connectivity index (χ4n) is 2.48. The van der Waals surface area contributed by atoms with Gasteiger partial charge >= 0.3 is 6.18 Å². The number of thioether (sulfide) groups is 1. The Morgan fingerprint density at radius 2 is 1.90 bits per heavy atom. The summed E-state index contributed by atoms with van der Waals surface area (Å²) in [5, 5.41) is 0. The molecule has 1 aliphatic rings. The van der Waals surface area contributed by atoms with Crippen LogP contribution in [-0.2, 0) is 15.8 Å². The van der Waals surface area contributed by atoms with Gasteiger partial charge in [0.05, 0.1) is 16.2 Å². The highest BCUT2D eigenvalue weighted by Crippen LogP contribution is 2.38. The zero-order chi connectivity index (χ0) is 21.2. The van der Waals surface area contributed by atoms with E-state index in [2.05, 4.69) is 0 Å². The number of hydrogen-bond acceptors (Lipinski definition) is 5. The largest absolute Gasteiger partial charge is 0.484 e. The van der Waals surface area contributed by atoms with Crippen LogP contribution in [0, 0.1) is 0 Å². The van der Waals surface area contributed by atoms with Crippen LogP contribution in [0.2, 0.25) is 0 Å². The van der Waals surface area contributed by atoms with E-state index in [4.69, 9.17) is 22.7 Å². The molecule has 0 unspecified atom stereocenters. The summed E-state index contributed by atoms with van der Waals surface area (Å²) in [6.45, 7) is -0.255. The number of halogens is 3. The maximum atomic E-state index is 13.0. The molecule has 0 spiro atoms. The van der Waals surface area contributed by atoms with Gasteiger partial charge in [0, 0.05) is 0 Å². The SMILES string of the molecule is NC(=O)COc1ccc(/C=C2/SC(=S)N(c3cccc(C(F)(F)F)c3)C2=O)cc1. The van der Waals surface area contributed by atoms with E-state index >= 15 is 0 Å². The molecule has 0 bridgehead atoms. The second kappa shape index (κ2) is 8.26. The molecule has 2 aromatic carbocycles. The lowest BCUT2D eigenvalue weighted by atomic mass is 10.1. The summed E-state index contributed by atoms with van der Waals surface area (Å²) in [5.74, 6) is -0.682. The molecule has 10 heteroatoms. The van der Waals surface area contributed by atoms with Crippen molar-refractivity contribution in [2.45, 2.75) is 6.18 Å². The highest BCUT2D eigenvalue weighted by molar-refractivity contribution is 8.27. The number of primary amides is 1. The number of nitrogens with zero attached hydrogens (tertiary/aromatic N) is 1. The van der Waals surface area contributed by atoms with E-state index in [0.29, 0.717) is 11.3 Å². The molecule has 2 amide bonds. The molecular formula is C19H13F3N2O3S2. The average molecular weight is 438 g/mol. The Morgan fingerprint density at radius 1 is 1.21 bits per heavy atom. The topological polar surface area (TPSA) is 72.6 Å². The van der Waals surface area contributed by atoms with Crippen LogP contribution in [0.3, 0.4) is 0 Å². The van der Waals surface area contributed by atoms with Gasteiger partial charge in [-0.15, -0.1) is 0 Å². The van der Waals surface area contributed by atoms with Gasteiger partial charge < -0.3 is 10.5 Å². The smallest absolute Gasteiger partial charge is 0.416 e. The number of ether oxygens (including phenoxy) is 1. The van der Waals surface area contributed by atoms with Crippen LogP contribution >= 0.6 is 24.0 Å². The average Bonchev–Trinajstić information content (AvgIpc) is 2.94. The Morgan fingerprint density at radius 3 is 2.52 bits per heavy atom. The third kappa shape index (κ3) is 4.96. The van der Waals surface area contributed by atoms with Gasteiger partial charge in [0.2, 0.25) is 0 Å². The fraction of sp³-hybridized carbons (Fsp3) is 0.105. The lowest BCUT2D eigenvalue weighted by Crippen LogP contribution is -2.27. The van der Waals surface area contributed by atoms with E-state index in [1.165, 1.54) is 12.1 Å². The zero-order valence-corrected chi connectivity index (χ0v) is 16.2. The summed E-state index contributed by atoms with van der Waals surface area (Å²) in [6, 6.07) is 11.0. The van der Waals surface area contributed by atoms with E-state index in [1.54, 1.807) is 30.3 Å². The molecule has 29 heavy (non-hydrogen) atoms. The maximum absolute atomic E-state index is 13.0. The van der Waals surface area contributed by atoms with Crippen molar-refractivity contribution < 1.29 is 27.5 Å². The Hall–Kier alpha value is -2.85. The number of thiocarbonyl (C=S) groups is 1. The molecule has 5 nitrogen and oxygen atoms in total. The molecule has 0 aliphatic carbocycles. The van der Waals surface area contributed by atoms with E-state index in [9.17, 15) is 22.8 Å². The minimum absolute atomic E-state index is 0.0564. The lowest BCUT2D eigenvalue weighted by molar-refractivity contribution is -0.137. The van der Waals surface area contributed by atoms with Crippen LogP contribution < -0.4 is 15.4 Å². The lowest BCUT2D eigenvalue weighted by Gasteiger charge is -2.16. The van der Waals surface area contributed by atoms with E-state index in [1.807, 2.05) is 0 Å². The van der Waals surface area contributed by atoms with Gasteiger partial charge in [0.1, 0.15) is 5.75 Å². The first-order chi connectivity index (χ1) is 13.6. The molecule has 2 aromatic rings. The maximum Gasteiger partial charge on any atom is 0.416 e. The summed E-state index contributed by atoms with van der Waals surface area (Å²) < 4.78 is 44.2. The highest BCUT2D eigenvalue weighted by Gasteiger charge is 2.36. The van der Waals surface area contributed by atoms with Gasteiger partial charge in [0.25, 0.3) is 11.8 Å². The van der Waals surface area contributed by atoms with Crippen molar-refractivity contribution in [1.29, 1.82) is 0 Å². The molecule has 2 N–H and O–H groups in total. The van der Waals surface area contributed by atoms with Gasteiger partial charge in [0.15, 0.2) is 10.9 Å². The van der Waals surface area contributed by atoms with Crippen LogP contribution in [-0.4, -0.2) is 22.7 Å². The third-order valence-corrected chi connectivity index (χ3v) is 5.09. The van der Waals surface area contributed by atoms with Crippen molar-refractivity contribution in [1.82, 2.24) is 0 Å². The van der Waals surface area contributed by atoms with E-state index in [0.717, 1.165) is 28.8 Å². The summed E-state index contributed by atoms with van der Waals surface area (Å²) >= 11 is 6.19. The van der Waals surface area contributed by atoms with Gasteiger partial charge in [-0.25, -0.2) is 0 Å². The molecule has 0 atom stereocenters. The zero-order valence-electron chi connectivity index (χ0n) is 14.6. The number of benzene rings is 2. The Labute approximate surface area is 173 Å². The second-order valence-corrected chi connectivity index (χ2v) is 7.56. The predicted octanol–water partition coefficient (Wildman–Crippen LogP) is 3.98. The van der Waals surface area contributed by atoms with Crippen molar-refractivity contribution in [3.8, 4) is 5.75 Å². The normalized spacial score (nSPS) is 15.8. The van der Waals surface area contributed by atoms with E-state index < -0.39 is 23.6 Å². The molecule has 150 valence electrons. The molecule has 0 radical (unpaired) electrons. The number of amides is 2. The summed E-state index contributed by atoms with van der Waals surface area (Å²) in [7, 11) is 0. The van der Waals surface area contributed by atoms with Crippen LogP contribution in [0.25, 0.3) is 6.08 Å². The second-order valence-electron chi connectivity index (χ2n) is 5.89. The van der Waals surface area contributed by atoms with Gasteiger partial charge in [-0.05, 0) is 42.0 Å². The van der Waals surface area contributed by atoms with Crippen molar-refractivity contribution in [3.63, 3.8) is 0 Å². The molecule has 1 saturated heterocycles. The minimum Gasteiger partial charge on any atom is -0.484 e. The first-order valence-electron chi connectivity index (χ1n) is 8.11. The Balaban J connectivity index is 1.81. The van der Waals surface area contributed by atoms with Crippen molar-refractivity contribution in [2.24, 2.45) is 5.73 Å². The Bertz CT molecular complexity index is 1000. The molecule has 0 aromatic heterocycles. The number of anilines is 1. The Kier molecular flexibility index (Phi) is 5.94. The van der Waals surface area contributed by atoms with Crippen LogP contribution in [0.15, 0.2) is 53.4 Å². The minimum atomic E-state index is -4.52. The third-order valence-electron chi connectivity index (χ3n) is 3.78. The first kappa shape index (κ1) is 20.9. The van der Waals surface area contributed by atoms with Crippen LogP contribution in [0.1, 0.15) is 11.1 Å². The number of carbonyl (C=O) groups is 2. The van der Waals surface area contributed by atoms with E-state index in [-0.39, 0.29) is 21.5 Å². The van der Waals surface area contributed by atoms with Gasteiger partial charge in [-0.1, -0.05) is 42.2 Å². The van der Waals surface area contributed by atoms with Crippen molar-refractivity contribution in [2.75, 3.05) is 11.5 Å². The number of alkyl halides is 3. The number of hydrogen-bond donors (Lipinski definition) is 1. The summed E-state index contributed by atoms with van der Waals surface area (Å²) in [6.07, 6.45) is -2.95. The quantitative estimate of drug-likeness (QED) is 0.565. The van der Waals surface area contributed by atoms with Crippen LogP contribution in [0.5, 0.6) is 5.75 Å². The first-order valence-corrected chi connectivity index (χ1v) is 9.34. The standard InChI is InChI=1S/C19H13F3N2O3S2/c20-19(21,22)12-2-1-3-13(9-12)24-17(26)15(29-18(24)28)8-11-4-6-14(7-5-11)27-10-16(23)25/h1-9H,10H2,(H2,23,25)/b15-8+. The molecule has 1 fully saturated rings. The fourth-order valence-corrected chi connectivity index (χ4v) is 3.78. The summed E-state index contributed by atoms with van der Waals surface area (Å²) in [5.41, 5.74) is 4.86. The molecule has 1 heterocycles. The van der Waals surface area contributed by atoms with Crippen LogP contribution in [0.4, 0.5) is 18.9 Å². The van der Waals surface area contributed by atoms with Gasteiger partial charge in [-0.3, -0.25) is 14.5 Å². The monoisotopic (exact) mass is 438 g/mol. The summed E-state index contributed by atoms with van der Waals surface area (Å²) in [4.78, 5) is 24.8. The van der Waals surface area contributed by atoms with Crippen molar-refractivity contribution in [3.05, 3.63) is 64.6 Å². The van der Waals surface area contributed by atoms with Crippen molar-refractivity contribution >= 4 is 51.9 Å². The number of rotatable bonds is 5. The highest BCUT2D eigenvalue weighted by atomic mass is 32.2. The molecular weight excluding hydrogens is 425 g/mol. The van der Waals surface area contributed by atoms with Gasteiger partial charge in [-0.2, -0.15) is 13.2 Å². The predicted molar refractivity (Wildman–Crippen MR) is 108 cm³/mol.